The molecule has 3 heteroatoms. The standard InChI is InChI=1S/C16H14BrClO/c17-15-11-13(18)9-10-14(15)16(19)8-4-7-12-5-2-1-3-6-12/h1-3,5-6,9-11H,4,7-8H2. The third-order valence-corrected chi connectivity index (χ3v) is 3.83. The first-order chi connectivity index (χ1) is 9.16. The van der Waals surface area contributed by atoms with E-state index in [2.05, 4.69) is 28.1 Å². The Morgan fingerprint density at radius 3 is 2.53 bits per heavy atom. The van der Waals surface area contributed by atoms with Crippen LogP contribution in [0.25, 0.3) is 0 Å². The summed E-state index contributed by atoms with van der Waals surface area (Å²) < 4.78 is 0.768. The van der Waals surface area contributed by atoms with E-state index in [9.17, 15) is 4.79 Å². The second-order valence-electron chi connectivity index (χ2n) is 4.39. The molecule has 0 saturated heterocycles. The van der Waals surface area contributed by atoms with Crippen molar-refractivity contribution in [2.75, 3.05) is 0 Å². The number of carbonyl (C=O) groups is 1. The van der Waals surface area contributed by atoms with Crippen LogP contribution in [0.5, 0.6) is 0 Å². The lowest BCUT2D eigenvalue weighted by Crippen LogP contribution is -2.01. The van der Waals surface area contributed by atoms with Gasteiger partial charge in [0.1, 0.15) is 0 Å². The van der Waals surface area contributed by atoms with E-state index in [-0.39, 0.29) is 5.78 Å². The highest BCUT2D eigenvalue weighted by Gasteiger charge is 2.10. The largest absolute Gasteiger partial charge is 0.294 e. The lowest BCUT2D eigenvalue weighted by molar-refractivity contribution is 0.0979. The molecule has 0 amide bonds. The van der Waals surface area contributed by atoms with E-state index >= 15 is 0 Å². The van der Waals surface area contributed by atoms with Gasteiger partial charge in [0.2, 0.25) is 0 Å². The lowest BCUT2D eigenvalue weighted by atomic mass is 10.0. The molecule has 0 atom stereocenters. The average molecular weight is 338 g/mol. The number of Topliss-reactive ketones (excluding diaryl/α,β-unsaturated/α-hetero) is 1. The van der Waals surface area contributed by atoms with Crippen LogP contribution in [-0.2, 0) is 6.42 Å². The predicted octanol–water partition coefficient (Wildman–Crippen LogP) is 5.31. The summed E-state index contributed by atoms with van der Waals surface area (Å²) in [4.78, 5) is 12.1. The van der Waals surface area contributed by atoms with Gasteiger partial charge < -0.3 is 0 Å². The van der Waals surface area contributed by atoms with Gasteiger partial charge in [-0.25, -0.2) is 0 Å². The minimum Gasteiger partial charge on any atom is -0.294 e. The van der Waals surface area contributed by atoms with E-state index in [1.165, 1.54) is 5.56 Å². The lowest BCUT2D eigenvalue weighted by Gasteiger charge is -2.04. The number of halogens is 2. The molecule has 0 N–H and O–H groups in total. The molecule has 1 nitrogen and oxygen atoms in total. The second kappa shape index (κ2) is 6.88. The van der Waals surface area contributed by atoms with Gasteiger partial charge in [-0.1, -0.05) is 41.9 Å². The summed E-state index contributed by atoms with van der Waals surface area (Å²) >= 11 is 9.24. The Hall–Kier alpha value is -1.12. The van der Waals surface area contributed by atoms with E-state index in [0.29, 0.717) is 17.0 Å². The number of hydrogen-bond acceptors (Lipinski definition) is 1. The SMILES string of the molecule is O=C(CCCc1ccccc1)c1ccc(Cl)cc1Br. The summed E-state index contributed by atoms with van der Waals surface area (Å²) in [6.45, 7) is 0. The van der Waals surface area contributed by atoms with Crippen molar-refractivity contribution in [3.8, 4) is 0 Å². The zero-order valence-electron chi connectivity index (χ0n) is 10.4. The van der Waals surface area contributed by atoms with Crippen LogP contribution in [0.4, 0.5) is 0 Å². The Morgan fingerprint density at radius 2 is 1.84 bits per heavy atom. The first-order valence-corrected chi connectivity index (χ1v) is 7.36. The molecule has 19 heavy (non-hydrogen) atoms. The molecule has 0 unspecified atom stereocenters. The molecule has 2 aromatic rings. The van der Waals surface area contributed by atoms with Crippen molar-refractivity contribution in [3.05, 3.63) is 69.2 Å². The number of hydrogen-bond donors (Lipinski definition) is 0. The average Bonchev–Trinajstić information content (AvgIpc) is 2.39. The number of benzene rings is 2. The molecule has 0 bridgehead atoms. The molecule has 2 aromatic carbocycles. The molecule has 0 aliphatic heterocycles. The van der Waals surface area contributed by atoms with Gasteiger partial charge >= 0.3 is 0 Å². The Bertz CT molecular complexity index is 566. The Balaban J connectivity index is 1.91. The third-order valence-electron chi connectivity index (χ3n) is 2.94. The van der Waals surface area contributed by atoms with Crippen molar-refractivity contribution in [1.82, 2.24) is 0 Å². The molecule has 98 valence electrons. The highest BCUT2D eigenvalue weighted by Crippen LogP contribution is 2.23. The highest BCUT2D eigenvalue weighted by molar-refractivity contribution is 9.10. The van der Waals surface area contributed by atoms with Gasteiger partial charge in [-0.05, 0) is 52.5 Å². The van der Waals surface area contributed by atoms with Gasteiger partial charge in [-0.3, -0.25) is 4.79 Å². The summed E-state index contributed by atoms with van der Waals surface area (Å²) in [6.07, 6.45) is 2.34. The quantitative estimate of drug-likeness (QED) is 0.676. The van der Waals surface area contributed by atoms with Crippen molar-refractivity contribution in [3.63, 3.8) is 0 Å². The summed E-state index contributed by atoms with van der Waals surface area (Å²) in [5.74, 6) is 0.152. The zero-order chi connectivity index (χ0) is 13.7. The maximum absolute atomic E-state index is 12.1. The van der Waals surface area contributed by atoms with Gasteiger partial charge in [0.15, 0.2) is 5.78 Å². The van der Waals surface area contributed by atoms with E-state index < -0.39 is 0 Å². The summed E-state index contributed by atoms with van der Waals surface area (Å²) in [5, 5.41) is 0.632. The van der Waals surface area contributed by atoms with Crippen LogP contribution >= 0.6 is 27.5 Å². The maximum Gasteiger partial charge on any atom is 0.164 e. The monoisotopic (exact) mass is 336 g/mol. The minimum absolute atomic E-state index is 0.152. The van der Waals surface area contributed by atoms with Crippen LogP contribution in [-0.4, -0.2) is 5.78 Å². The normalized spacial score (nSPS) is 10.4. The van der Waals surface area contributed by atoms with Crippen LogP contribution in [0.15, 0.2) is 53.0 Å². The number of aryl methyl sites for hydroxylation is 1. The van der Waals surface area contributed by atoms with Crippen molar-refractivity contribution in [1.29, 1.82) is 0 Å². The van der Waals surface area contributed by atoms with Crippen molar-refractivity contribution < 1.29 is 4.79 Å². The van der Waals surface area contributed by atoms with Crippen LogP contribution in [0, 0.1) is 0 Å². The van der Waals surface area contributed by atoms with Gasteiger partial charge in [0.05, 0.1) is 0 Å². The maximum atomic E-state index is 12.1. The molecule has 0 aliphatic rings. The fourth-order valence-corrected chi connectivity index (χ4v) is 2.85. The summed E-state index contributed by atoms with van der Waals surface area (Å²) in [5.41, 5.74) is 1.97. The topological polar surface area (TPSA) is 17.1 Å². The Kier molecular flexibility index (Phi) is 5.17. The van der Waals surface area contributed by atoms with Gasteiger partial charge in [-0.15, -0.1) is 0 Å². The molecule has 0 heterocycles. The van der Waals surface area contributed by atoms with E-state index in [4.69, 9.17) is 11.6 Å². The number of carbonyl (C=O) groups excluding carboxylic acids is 1. The third kappa shape index (κ3) is 4.19. The van der Waals surface area contributed by atoms with Gasteiger partial charge in [0, 0.05) is 21.5 Å². The molecule has 2 rings (SSSR count). The van der Waals surface area contributed by atoms with Crippen LogP contribution in [0.3, 0.4) is 0 Å². The Morgan fingerprint density at radius 1 is 1.11 bits per heavy atom. The van der Waals surface area contributed by atoms with Gasteiger partial charge in [0.25, 0.3) is 0 Å². The van der Waals surface area contributed by atoms with Crippen molar-refractivity contribution >= 4 is 33.3 Å². The fourth-order valence-electron chi connectivity index (χ4n) is 1.95. The van der Waals surface area contributed by atoms with Crippen molar-refractivity contribution in [2.45, 2.75) is 19.3 Å². The summed E-state index contributed by atoms with van der Waals surface area (Å²) in [6, 6.07) is 15.5. The van der Waals surface area contributed by atoms with E-state index in [1.54, 1.807) is 18.2 Å². The minimum atomic E-state index is 0.152. The molecule has 0 aromatic heterocycles. The molecule has 0 aliphatic carbocycles. The zero-order valence-corrected chi connectivity index (χ0v) is 12.7. The van der Waals surface area contributed by atoms with E-state index in [0.717, 1.165) is 17.3 Å². The van der Waals surface area contributed by atoms with E-state index in [1.807, 2.05) is 18.2 Å². The molecule has 0 saturated carbocycles. The second-order valence-corrected chi connectivity index (χ2v) is 5.68. The smallest absolute Gasteiger partial charge is 0.164 e. The van der Waals surface area contributed by atoms with Crippen LogP contribution in [0.1, 0.15) is 28.8 Å². The first-order valence-electron chi connectivity index (χ1n) is 6.19. The summed E-state index contributed by atoms with van der Waals surface area (Å²) in [7, 11) is 0. The molecule has 0 radical (unpaired) electrons. The van der Waals surface area contributed by atoms with Crippen LogP contribution in [0.2, 0.25) is 5.02 Å². The Labute approximate surface area is 126 Å². The highest BCUT2D eigenvalue weighted by atomic mass is 79.9. The number of ketones is 1. The van der Waals surface area contributed by atoms with Crippen molar-refractivity contribution in [2.24, 2.45) is 0 Å². The number of rotatable bonds is 5. The van der Waals surface area contributed by atoms with Gasteiger partial charge in [-0.2, -0.15) is 0 Å². The fraction of sp³-hybridized carbons (Fsp3) is 0.188. The molecule has 0 fully saturated rings. The predicted molar refractivity (Wildman–Crippen MR) is 82.9 cm³/mol. The molecule has 0 spiro atoms. The molecular formula is C16H14BrClO. The molecular weight excluding hydrogens is 324 g/mol. The van der Waals surface area contributed by atoms with Crippen LogP contribution < -0.4 is 0 Å². The first kappa shape index (κ1) is 14.3.